The summed E-state index contributed by atoms with van der Waals surface area (Å²) in [5.74, 6) is -0.469. The molecule has 142 valence electrons. The average Bonchev–Trinajstić information content (AvgIpc) is 2.54. The maximum atomic E-state index is 13.2. The predicted octanol–water partition coefficient (Wildman–Crippen LogP) is 5.56. The van der Waals surface area contributed by atoms with Crippen molar-refractivity contribution in [3.05, 3.63) is 49.5 Å². The number of nitrogens with one attached hydrogen (secondary N) is 4. The maximum absolute atomic E-state index is 13.2. The fourth-order valence-electron chi connectivity index (χ4n) is 1.82. The molecule has 4 N–H and O–H groups in total. The first-order valence-electron chi connectivity index (χ1n) is 7.29. The van der Waals surface area contributed by atoms with Gasteiger partial charge in [-0.15, -0.1) is 0 Å². The summed E-state index contributed by atoms with van der Waals surface area (Å²) >= 11 is 5.10. The van der Waals surface area contributed by atoms with Crippen LogP contribution in [0.1, 0.15) is 13.3 Å². The van der Waals surface area contributed by atoms with Crippen LogP contribution in [-0.2, 0) is 0 Å². The van der Waals surface area contributed by atoms with E-state index < -0.39 is 17.7 Å². The molecule has 0 atom stereocenters. The molecular weight excluding hydrogens is 531 g/mol. The molecule has 4 nitrogen and oxygen atoms in total. The minimum Gasteiger partial charge on any atom is -0.379 e. The largest absolute Gasteiger partial charge is 0.432 e. The lowest BCUT2D eigenvalue weighted by atomic mass is 10.1. The van der Waals surface area contributed by atoms with Gasteiger partial charge in [0.1, 0.15) is 11.5 Å². The van der Waals surface area contributed by atoms with Crippen molar-refractivity contribution in [2.45, 2.75) is 19.5 Å². The van der Waals surface area contributed by atoms with Crippen molar-refractivity contribution in [3.8, 4) is 0 Å². The van der Waals surface area contributed by atoms with E-state index in [1.165, 1.54) is 18.2 Å². The van der Waals surface area contributed by atoms with E-state index in [0.717, 1.165) is 6.21 Å². The molecule has 0 bridgehead atoms. The van der Waals surface area contributed by atoms with Gasteiger partial charge in [-0.3, -0.25) is 5.41 Å². The number of anilines is 1. The van der Waals surface area contributed by atoms with Gasteiger partial charge in [0.15, 0.2) is 0 Å². The number of alkyl halides is 3. The van der Waals surface area contributed by atoms with E-state index in [1.807, 2.05) is 29.5 Å². The summed E-state index contributed by atoms with van der Waals surface area (Å²) in [5, 5.41) is 20.4. The fraction of sp³-hybridized carbons (Fsp3) is 0.250. The van der Waals surface area contributed by atoms with Crippen LogP contribution < -0.4 is 10.6 Å². The maximum Gasteiger partial charge on any atom is 0.432 e. The molecule has 0 aliphatic heterocycles. The van der Waals surface area contributed by atoms with Gasteiger partial charge in [0.2, 0.25) is 0 Å². The molecular formula is C16H16BrF4IN4. The Labute approximate surface area is 170 Å². The van der Waals surface area contributed by atoms with Crippen LogP contribution in [0.5, 0.6) is 0 Å². The first-order chi connectivity index (χ1) is 12.1. The Morgan fingerprint density at radius 2 is 2.00 bits per heavy atom. The van der Waals surface area contributed by atoms with E-state index in [-0.39, 0.29) is 12.1 Å². The van der Waals surface area contributed by atoms with Gasteiger partial charge in [-0.2, -0.15) is 13.2 Å². The third-order valence-electron chi connectivity index (χ3n) is 3.02. The Balaban J connectivity index is 3.25. The van der Waals surface area contributed by atoms with Crippen LogP contribution in [0, 0.1) is 20.2 Å². The fourth-order valence-corrected chi connectivity index (χ4v) is 2.96. The molecule has 26 heavy (non-hydrogen) atoms. The number of benzene rings is 1. The van der Waals surface area contributed by atoms with Crippen LogP contribution in [-0.4, -0.2) is 24.6 Å². The van der Waals surface area contributed by atoms with E-state index in [2.05, 4.69) is 26.6 Å². The highest BCUT2D eigenvalue weighted by Gasteiger charge is 2.33. The van der Waals surface area contributed by atoms with Crippen molar-refractivity contribution in [2.24, 2.45) is 0 Å². The van der Waals surface area contributed by atoms with Crippen molar-refractivity contribution >= 4 is 56.1 Å². The molecule has 0 amide bonds. The molecule has 0 radical (unpaired) electrons. The van der Waals surface area contributed by atoms with Gasteiger partial charge < -0.3 is 16.0 Å². The second-order valence-corrected chi connectivity index (χ2v) is 6.98. The second kappa shape index (κ2) is 10.0. The smallest absolute Gasteiger partial charge is 0.379 e. The van der Waals surface area contributed by atoms with E-state index in [9.17, 15) is 17.6 Å². The summed E-state index contributed by atoms with van der Waals surface area (Å²) in [6.45, 7) is 2.39. The minimum absolute atomic E-state index is 0.0465. The summed E-state index contributed by atoms with van der Waals surface area (Å²) < 4.78 is 52.4. The molecule has 0 heterocycles. The summed E-state index contributed by atoms with van der Waals surface area (Å²) in [7, 11) is 0. The molecule has 10 heteroatoms. The molecule has 1 aromatic rings. The average molecular weight is 547 g/mol. The highest BCUT2D eigenvalue weighted by molar-refractivity contribution is 14.1. The normalized spacial score (nSPS) is 13.1. The second-order valence-electron chi connectivity index (χ2n) is 5.02. The zero-order chi connectivity index (χ0) is 19.9. The molecule has 1 aromatic carbocycles. The first kappa shape index (κ1) is 22.6. The topological polar surface area (TPSA) is 71.8 Å². The van der Waals surface area contributed by atoms with Crippen molar-refractivity contribution < 1.29 is 17.6 Å². The number of hydrogen-bond acceptors (Lipinski definition) is 4. The SMILES string of the molecule is CCN/C(Br)=C(\C=N)C/C(=C/C(=N)C(F)(F)F)Nc1ccc(F)cc1I. The molecule has 0 fully saturated rings. The summed E-state index contributed by atoms with van der Waals surface area (Å²) in [6.07, 6.45) is -3.19. The lowest BCUT2D eigenvalue weighted by molar-refractivity contribution is -0.0584. The standard InChI is InChI=1S/C16H16BrF4IN4/c1-2-25-15(17)9(8-23)5-11(7-14(24)16(19,20)21)26-13-4-3-10(18)6-12(13)22/h3-4,6-8,23-26H,2,5H2,1H3/b11-7-,15-9-,23-8?,24-14?. The van der Waals surface area contributed by atoms with Crippen LogP contribution in [0.3, 0.4) is 0 Å². The van der Waals surface area contributed by atoms with Crippen molar-refractivity contribution in [1.29, 1.82) is 10.8 Å². The molecule has 1 rings (SSSR count). The molecule has 0 saturated carbocycles. The van der Waals surface area contributed by atoms with Crippen LogP contribution in [0.25, 0.3) is 0 Å². The number of hydrogen-bond donors (Lipinski definition) is 4. The Morgan fingerprint density at radius 1 is 1.35 bits per heavy atom. The quantitative estimate of drug-likeness (QED) is 0.149. The van der Waals surface area contributed by atoms with Gasteiger partial charge in [0.05, 0.1) is 10.3 Å². The molecule has 0 aromatic heterocycles. The highest BCUT2D eigenvalue weighted by Crippen LogP contribution is 2.25. The first-order valence-corrected chi connectivity index (χ1v) is 9.17. The van der Waals surface area contributed by atoms with Crippen molar-refractivity contribution in [2.75, 3.05) is 11.9 Å². The zero-order valence-electron chi connectivity index (χ0n) is 13.6. The van der Waals surface area contributed by atoms with Crippen LogP contribution >= 0.6 is 38.5 Å². The highest BCUT2D eigenvalue weighted by atomic mass is 127. The van der Waals surface area contributed by atoms with E-state index in [0.29, 0.717) is 32.1 Å². The van der Waals surface area contributed by atoms with Crippen molar-refractivity contribution in [1.82, 2.24) is 5.32 Å². The van der Waals surface area contributed by atoms with Gasteiger partial charge in [0.25, 0.3) is 0 Å². The summed E-state index contributed by atoms with van der Waals surface area (Å²) in [4.78, 5) is 0. The lowest BCUT2D eigenvalue weighted by Gasteiger charge is -2.16. The lowest BCUT2D eigenvalue weighted by Crippen LogP contribution is -2.21. The van der Waals surface area contributed by atoms with Gasteiger partial charge in [-0.1, -0.05) is 0 Å². The third-order valence-corrected chi connectivity index (χ3v) is 4.70. The van der Waals surface area contributed by atoms with Gasteiger partial charge >= 0.3 is 6.18 Å². The molecule has 0 aliphatic carbocycles. The molecule has 0 saturated heterocycles. The number of rotatable bonds is 8. The summed E-state index contributed by atoms with van der Waals surface area (Å²) in [6, 6.07) is 3.81. The van der Waals surface area contributed by atoms with E-state index in [1.54, 1.807) is 0 Å². The van der Waals surface area contributed by atoms with Gasteiger partial charge in [-0.05, 0) is 69.7 Å². The Hall–Kier alpha value is -1.43. The van der Waals surface area contributed by atoms with Crippen molar-refractivity contribution in [3.63, 3.8) is 0 Å². The van der Waals surface area contributed by atoms with Crippen LogP contribution in [0.2, 0.25) is 0 Å². The van der Waals surface area contributed by atoms with Gasteiger partial charge in [0, 0.05) is 34.0 Å². The Morgan fingerprint density at radius 3 is 2.50 bits per heavy atom. The third kappa shape index (κ3) is 7.06. The monoisotopic (exact) mass is 546 g/mol. The zero-order valence-corrected chi connectivity index (χ0v) is 17.3. The van der Waals surface area contributed by atoms with E-state index in [4.69, 9.17) is 10.8 Å². The predicted molar refractivity (Wildman–Crippen MR) is 108 cm³/mol. The van der Waals surface area contributed by atoms with Crippen LogP contribution in [0.15, 0.2) is 40.2 Å². The summed E-state index contributed by atoms with van der Waals surface area (Å²) in [5.41, 5.74) is -0.693. The number of allylic oxidation sites excluding steroid dienone is 2. The van der Waals surface area contributed by atoms with E-state index >= 15 is 0 Å². The molecule has 0 spiro atoms. The van der Waals surface area contributed by atoms with Gasteiger partial charge in [-0.25, -0.2) is 4.39 Å². The Bertz CT molecular complexity index is 744. The van der Waals surface area contributed by atoms with Crippen LogP contribution in [0.4, 0.5) is 23.2 Å². The molecule has 0 aliphatic rings. The Kier molecular flexibility index (Phi) is 8.74. The molecule has 0 unspecified atom stereocenters. The minimum atomic E-state index is -4.80. The number of halogens is 6.